The van der Waals surface area contributed by atoms with Crippen LogP contribution in [0.2, 0.25) is 0 Å². The zero-order chi connectivity index (χ0) is 46.2. The Morgan fingerprint density at radius 1 is 1.11 bits per heavy atom. The molecule has 1 saturated carbocycles. The van der Waals surface area contributed by atoms with Crippen molar-refractivity contribution in [3.05, 3.63) is 120 Å². The van der Waals surface area contributed by atoms with Gasteiger partial charge >= 0.3 is 5.97 Å². The number of allylic oxidation sites excluding steroid dienone is 5. The molecule has 350 valence electrons. The summed E-state index contributed by atoms with van der Waals surface area (Å²) in [4.78, 5) is 28.8. The number of nitrogens with one attached hydrogen (secondary N) is 4. The maximum absolute atomic E-state index is 14.5. The van der Waals surface area contributed by atoms with Gasteiger partial charge in [0.15, 0.2) is 5.43 Å². The maximum Gasteiger partial charge on any atom is 0.335 e. The Morgan fingerprint density at radius 3 is 2.71 bits per heavy atom. The van der Waals surface area contributed by atoms with Gasteiger partial charge in [0.25, 0.3) is 0 Å². The van der Waals surface area contributed by atoms with Crippen molar-refractivity contribution in [1.29, 1.82) is 0 Å². The van der Waals surface area contributed by atoms with Crippen LogP contribution in [-0.2, 0) is 29.0 Å². The number of aryl methyl sites for hydroxylation is 1. The van der Waals surface area contributed by atoms with Gasteiger partial charge in [-0.25, -0.2) is 4.79 Å². The number of piperidine rings is 1. The van der Waals surface area contributed by atoms with Crippen LogP contribution in [0.3, 0.4) is 0 Å². The number of nitrogens with two attached hydrogens (primary N) is 1. The average Bonchev–Trinajstić information content (AvgIpc) is 3.47. The van der Waals surface area contributed by atoms with E-state index in [9.17, 15) is 30.0 Å². The molecule has 7 aliphatic rings. The summed E-state index contributed by atoms with van der Waals surface area (Å²) in [7, 11) is 0. The second-order valence-corrected chi connectivity index (χ2v) is 19.5. The molecule has 2 aromatic carbocycles. The van der Waals surface area contributed by atoms with Gasteiger partial charge in [-0.05, 0) is 135 Å². The lowest BCUT2D eigenvalue weighted by molar-refractivity contribution is -0.169. The lowest BCUT2D eigenvalue weighted by atomic mass is 9.61. The van der Waals surface area contributed by atoms with E-state index in [4.69, 9.17) is 19.6 Å². The summed E-state index contributed by atoms with van der Waals surface area (Å²) in [6.07, 6.45) is 10.5. The molecule has 6 heterocycles. The van der Waals surface area contributed by atoms with Gasteiger partial charge in [0.1, 0.15) is 58.1 Å². The number of carbonyl (C=O) groups excluding carboxylic acids is 1. The molecule has 1 saturated heterocycles. The third-order valence-electron chi connectivity index (χ3n) is 16.1. The number of ether oxygens (including phenoxy) is 2. The Kier molecular flexibility index (Phi) is 11.6. The summed E-state index contributed by atoms with van der Waals surface area (Å²) in [6, 6.07) is 6.88. The minimum atomic E-state index is -1.26. The summed E-state index contributed by atoms with van der Waals surface area (Å²) in [5.74, 6) is -2.19. The van der Waals surface area contributed by atoms with Crippen LogP contribution in [0, 0.1) is 17.8 Å². The van der Waals surface area contributed by atoms with Crippen molar-refractivity contribution in [1.82, 2.24) is 21.3 Å². The van der Waals surface area contributed by atoms with Crippen molar-refractivity contribution in [2.45, 2.75) is 121 Å². The number of fused-ring (bicyclic) bond motifs is 10. The fourth-order valence-electron chi connectivity index (χ4n) is 12.8. The van der Waals surface area contributed by atoms with Gasteiger partial charge in [0.05, 0.1) is 12.8 Å². The average molecular weight is 902 g/mol. The predicted molar refractivity (Wildman–Crippen MR) is 249 cm³/mol. The molecule has 0 spiro atoms. The summed E-state index contributed by atoms with van der Waals surface area (Å²) in [5.41, 5.74) is 14.0. The highest BCUT2D eigenvalue weighted by atomic mass is 16.6. The van der Waals surface area contributed by atoms with Crippen LogP contribution in [0.15, 0.2) is 91.1 Å². The molecule has 1 aromatic heterocycles. The van der Waals surface area contributed by atoms with E-state index in [-0.39, 0.29) is 76.5 Å². The van der Waals surface area contributed by atoms with Crippen LogP contribution >= 0.6 is 0 Å². The second-order valence-electron chi connectivity index (χ2n) is 19.5. The SMILES string of the molecule is C/C=C(/CNCC)C(=O)O[C@@H]1Cc2c3c(c4oc(CO)cc(=O)c4c2O)[C@H]2C4=CCNC(N)=C4[C@@H](CCc4ccc(O)cc4[C@@H]2CO)[C@@H]2CCC4=C5CC[C@@H](C)NC5NC=C4C[C@@H]2[C@]1(C)O3. The monoisotopic (exact) mass is 901 g/mol. The van der Waals surface area contributed by atoms with Crippen molar-refractivity contribution in [2.24, 2.45) is 23.5 Å². The van der Waals surface area contributed by atoms with E-state index in [0.717, 1.165) is 48.0 Å². The predicted octanol–water partition coefficient (Wildman–Crippen LogP) is 5.29. The van der Waals surface area contributed by atoms with Crippen molar-refractivity contribution in [3.63, 3.8) is 0 Å². The molecule has 1 unspecified atom stereocenters. The summed E-state index contributed by atoms with van der Waals surface area (Å²) in [6.45, 7) is 8.41. The minimum absolute atomic E-state index is 0.00801. The first-order valence-electron chi connectivity index (χ1n) is 23.9. The molecule has 9 atom stereocenters. The fourth-order valence-corrected chi connectivity index (χ4v) is 12.8. The fraction of sp³-hybridized carbons (Fsp3) is 0.500. The first-order chi connectivity index (χ1) is 31.9. The van der Waals surface area contributed by atoms with Crippen molar-refractivity contribution in [3.8, 4) is 17.2 Å². The van der Waals surface area contributed by atoms with Gasteiger partial charge in [-0.2, -0.15) is 0 Å². The summed E-state index contributed by atoms with van der Waals surface area (Å²) >= 11 is 0. The topological polar surface area (TPSA) is 221 Å². The van der Waals surface area contributed by atoms with Crippen molar-refractivity contribution in [2.75, 3.05) is 26.2 Å². The molecule has 3 aromatic rings. The van der Waals surface area contributed by atoms with E-state index in [1.807, 2.05) is 26.8 Å². The molecule has 0 amide bonds. The molecule has 10 N–H and O–H groups in total. The molecule has 0 radical (unpaired) electrons. The molecule has 5 aliphatic heterocycles. The van der Waals surface area contributed by atoms with E-state index in [2.05, 4.69) is 40.5 Å². The number of hydrogen-bond donors (Lipinski definition) is 9. The Labute approximate surface area is 384 Å². The van der Waals surface area contributed by atoms with Crippen LogP contribution < -0.4 is 37.2 Å². The van der Waals surface area contributed by atoms with Crippen molar-refractivity contribution >= 4 is 16.9 Å². The minimum Gasteiger partial charge on any atom is -0.508 e. The number of benzene rings is 2. The molecular formula is C52H63N5O9. The first-order valence-corrected chi connectivity index (χ1v) is 23.9. The molecule has 2 fully saturated rings. The Morgan fingerprint density at radius 2 is 1.94 bits per heavy atom. The van der Waals surface area contributed by atoms with Crippen LogP contribution in [0.4, 0.5) is 0 Å². The number of rotatable bonds is 7. The molecule has 2 aliphatic carbocycles. The molecule has 14 heteroatoms. The Bertz CT molecular complexity index is 2710. The number of hydrogen-bond acceptors (Lipinski definition) is 14. The summed E-state index contributed by atoms with van der Waals surface area (Å²) in [5, 5.41) is 60.1. The number of aliphatic hydroxyl groups is 2. The quantitative estimate of drug-likeness (QED) is 0.109. The number of esters is 1. The van der Waals surface area contributed by atoms with Gasteiger partial charge in [-0.1, -0.05) is 25.1 Å². The van der Waals surface area contributed by atoms with Gasteiger partial charge in [-0.3, -0.25) is 10.1 Å². The number of aliphatic hydroxyl groups excluding tert-OH is 2. The largest absolute Gasteiger partial charge is 0.508 e. The Hall–Kier alpha value is -5.54. The lowest BCUT2D eigenvalue weighted by Crippen LogP contribution is -2.59. The number of carbonyl (C=O) groups is 1. The molecule has 4 bridgehead atoms. The first kappa shape index (κ1) is 44.3. The number of phenolic OH excluding ortho intramolecular Hbond substituents is 2. The van der Waals surface area contributed by atoms with Crippen LogP contribution in [0.1, 0.15) is 106 Å². The van der Waals surface area contributed by atoms with Crippen LogP contribution in [-0.4, -0.2) is 76.5 Å². The highest BCUT2D eigenvalue weighted by Crippen LogP contribution is 2.61. The number of aromatic hydroxyl groups is 2. The standard InChI is InChI=1S/C52H63N5O9/c1-5-26(21-54-6-2)51(63)65-41-20-37-46(62)44-40(61)19-30(23-58)64-48(44)45-42-35-15-16-55-49(53)43(35)33(12-9-27-8-10-29(60)18-36(27)38(42)24-59)32-14-13-31-28(17-39(32)52(41,4)66-47(37)45)22-56-50-34(31)11-7-25(3)57-50/h5,8,10,15,18-19,22,25,32-33,38-39,41-42,50,54-60,62H,6-7,9,11-14,16-17,20-21,23-24,53H2,1-4H3/b26-5-/t25-,32+,33+,38+,39+,41-,42+,50?,52+/m1/s1. The van der Waals surface area contributed by atoms with Gasteiger partial charge < -0.3 is 56.0 Å². The Balaban J connectivity index is 1.31. The number of likely N-dealkylation sites (N-methyl/N-ethyl adjacent to an activating group) is 1. The lowest BCUT2D eigenvalue weighted by Gasteiger charge is -2.52. The third-order valence-corrected chi connectivity index (χ3v) is 16.1. The highest BCUT2D eigenvalue weighted by molar-refractivity contribution is 5.92. The number of dihydropyridines is 2. The molecule has 10 rings (SSSR count). The van der Waals surface area contributed by atoms with E-state index >= 15 is 0 Å². The van der Waals surface area contributed by atoms with E-state index in [1.165, 1.54) is 22.8 Å². The maximum atomic E-state index is 14.5. The smallest absolute Gasteiger partial charge is 0.335 e. The molecule has 14 nitrogen and oxygen atoms in total. The highest BCUT2D eigenvalue weighted by Gasteiger charge is 2.58. The van der Waals surface area contributed by atoms with Crippen LogP contribution in [0.25, 0.3) is 11.0 Å². The van der Waals surface area contributed by atoms with E-state index < -0.39 is 41.5 Å². The zero-order valence-corrected chi connectivity index (χ0v) is 38.3. The molecular weight excluding hydrogens is 839 g/mol. The number of phenols is 2. The van der Waals surface area contributed by atoms with Gasteiger partial charge in [-0.15, -0.1) is 0 Å². The normalized spacial score (nSPS) is 30.2. The third kappa shape index (κ3) is 7.14. The van der Waals surface area contributed by atoms with E-state index in [0.29, 0.717) is 61.9 Å². The zero-order valence-electron chi connectivity index (χ0n) is 38.3. The van der Waals surface area contributed by atoms with Crippen molar-refractivity contribution < 1.29 is 39.1 Å². The second kappa shape index (κ2) is 17.3. The van der Waals surface area contributed by atoms with Crippen LogP contribution in [0.5, 0.6) is 17.2 Å². The summed E-state index contributed by atoms with van der Waals surface area (Å²) < 4.78 is 21.0. The van der Waals surface area contributed by atoms with Gasteiger partial charge in [0.2, 0.25) is 0 Å². The molecule has 66 heavy (non-hydrogen) atoms. The van der Waals surface area contributed by atoms with Gasteiger partial charge in [0, 0.05) is 72.3 Å². The van der Waals surface area contributed by atoms with E-state index in [1.54, 1.807) is 18.2 Å².